The third-order valence-corrected chi connectivity index (χ3v) is 4.00. The van der Waals surface area contributed by atoms with E-state index in [4.69, 9.17) is 9.84 Å². The molecule has 0 aromatic heterocycles. The average Bonchev–Trinajstić information content (AvgIpc) is 2.21. The molecule has 0 spiro atoms. The Morgan fingerprint density at radius 1 is 1.32 bits per heavy atom. The maximum absolute atomic E-state index is 11.9. The van der Waals surface area contributed by atoms with Crippen molar-refractivity contribution >= 4 is 12.0 Å². The number of carboxylic acid groups (broad SMARTS) is 1. The second-order valence-corrected chi connectivity index (χ2v) is 6.14. The van der Waals surface area contributed by atoms with Crippen LogP contribution in [-0.4, -0.2) is 40.9 Å². The fraction of sp³-hybridized carbons (Fsp3) is 0.846. The van der Waals surface area contributed by atoms with Gasteiger partial charge in [0.1, 0.15) is 5.54 Å². The molecule has 1 heterocycles. The van der Waals surface area contributed by atoms with Crippen molar-refractivity contribution < 1.29 is 19.4 Å². The smallest absolute Gasteiger partial charge is 0.329 e. The first-order chi connectivity index (χ1) is 8.83. The number of hydrogen-bond acceptors (Lipinski definition) is 3. The standard InChI is InChI=1S/C13H22N2O4/c1-12(2)8-9(4-7-19-12)14-11(18)15-13(10(16)17)5-3-6-13/h9H,3-8H2,1-2H3,(H,16,17)(H2,14,15,18). The Morgan fingerprint density at radius 2 is 2.00 bits per heavy atom. The molecule has 0 aromatic rings. The quantitative estimate of drug-likeness (QED) is 0.720. The van der Waals surface area contributed by atoms with Crippen molar-refractivity contribution in [2.75, 3.05) is 6.61 Å². The first kappa shape index (κ1) is 14.1. The monoisotopic (exact) mass is 270 g/mol. The number of amides is 2. The highest BCUT2D eigenvalue weighted by molar-refractivity contribution is 5.87. The number of hydrogen-bond donors (Lipinski definition) is 3. The van der Waals surface area contributed by atoms with Crippen LogP contribution in [0.4, 0.5) is 4.79 Å². The van der Waals surface area contributed by atoms with Crippen LogP contribution in [0.15, 0.2) is 0 Å². The first-order valence-electron chi connectivity index (χ1n) is 6.79. The van der Waals surface area contributed by atoms with E-state index in [1.54, 1.807) is 0 Å². The van der Waals surface area contributed by atoms with Crippen LogP contribution >= 0.6 is 0 Å². The molecule has 108 valence electrons. The van der Waals surface area contributed by atoms with E-state index in [9.17, 15) is 9.59 Å². The van der Waals surface area contributed by atoms with Crippen LogP contribution < -0.4 is 10.6 Å². The van der Waals surface area contributed by atoms with Crippen molar-refractivity contribution in [2.45, 2.75) is 63.1 Å². The molecule has 3 N–H and O–H groups in total. The van der Waals surface area contributed by atoms with Gasteiger partial charge in [-0.25, -0.2) is 9.59 Å². The minimum Gasteiger partial charge on any atom is -0.480 e. The summed E-state index contributed by atoms with van der Waals surface area (Å²) in [6.45, 7) is 4.59. The van der Waals surface area contributed by atoms with Gasteiger partial charge >= 0.3 is 12.0 Å². The number of urea groups is 1. The molecular weight excluding hydrogens is 248 g/mol. The van der Waals surface area contributed by atoms with Crippen molar-refractivity contribution in [1.82, 2.24) is 10.6 Å². The number of nitrogens with one attached hydrogen (secondary N) is 2. The highest BCUT2D eigenvalue weighted by Gasteiger charge is 2.46. The Balaban J connectivity index is 1.86. The number of carboxylic acids is 1. The van der Waals surface area contributed by atoms with E-state index in [-0.39, 0.29) is 17.7 Å². The summed E-state index contributed by atoms with van der Waals surface area (Å²) in [6, 6.07) is -0.348. The summed E-state index contributed by atoms with van der Waals surface area (Å²) in [5, 5.41) is 14.6. The van der Waals surface area contributed by atoms with Gasteiger partial charge in [0.25, 0.3) is 0 Å². The predicted octanol–water partition coefficient (Wildman–Crippen LogP) is 1.25. The molecule has 1 unspecified atom stereocenters. The number of rotatable bonds is 3. The van der Waals surface area contributed by atoms with Gasteiger partial charge in [0.05, 0.1) is 5.60 Å². The topological polar surface area (TPSA) is 87.7 Å². The summed E-state index contributed by atoms with van der Waals surface area (Å²) >= 11 is 0. The molecule has 0 aromatic carbocycles. The van der Waals surface area contributed by atoms with Crippen LogP contribution in [0.1, 0.15) is 46.0 Å². The summed E-state index contributed by atoms with van der Waals surface area (Å²) < 4.78 is 5.58. The summed E-state index contributed by atoms with van der Waals surface area (Å²) in [4.78, 5) is 23.1. The zero-order chi connectivity index (χ0) is 14.1. The number of carbonyl (C=O) groups excluding carboxylic acids is 1. The van der Waals surface area contributed by atoms with E-state index >= 15 is 0 Å². The number of carbonyl (C=O) groups is 2. The van der Waals surface area contributed by atoms with Gasteiger partial charge in [-0.15, -0.1) is 0 Å². The first-order valence-corrected chi connectivity index (χ1v) is 6.79. The molecule has 2 amide bonds. The molecule has 2 fully saturated rings. The van der Waals surface area contributed by atoms with Crippen molar-refractivity contribution in [2.24, 2.45) is 0 Å². The van der Waals surface area contributed by atoms with E-state index < -0.39 is 11.5 Å². The zero-order valence-corrected chi connectivity index (χ0v) is 11.5. The third kappa shape index (κ3) is 3.18. The van der Waals surface area contributed by atoms with Crippen LogP contribution in [0.5, 0.6) is 0 Å². The van der Waals surface area contributed by atoms with Gasteiger partial charge in [-0.05, 0) is 46.0 Å². The Bertz CT molecular complexity index is 377. The molecular formula is C13H22N2O4. The summed E-state index contributed by atoms with van der Waals surface area (Å²) in [5.41, 5.74) is -1.29. The van der Waals surface area contributed by atoms with Crippen LogP contribution in [0.2, 0.25) is 0 Å². The van der Waals surface area contributed by atoms with Crippen molar-refractivity contribution in [3.63, 3.8) is 0 Å². The van der Waals surface area contributed by atoms with Crippen LogP contribution in [0, 0.1) is 0 Å². The molecule has 2 aliphatic rings. The number of ether oxygens (including phenoxy) is 1. The maximum Gasteiger partial charge on any atom is 0.329 e. The van der Waals surface area contributed by atoms with Crippen LogP contribution in [-0.2, 0) is 9.53 Å². The van der Waals surface area contributed by atoms with E-state index in [0.717, 1.165) is 19.3 Å². The molecule has 2 rings (SSSR count). The van der Waals surface area contributed by atoms with E-state index in [1.165, 1.54) is 0 Å². The second kappa shape index (κ2) is 5.00. The Morgan fingerprint density at radius 3 is 2.47 bits per heavy atom. The van der Waals surface area contributed by atoms with Crippen LogP contribution in [0.25, 0.3) is 0 Å². The molecule has 6 nitrogen and oxygen atoms in total. The fourth-order valence-corrected chi connectivity index (χ4v) is 2.72. The SMILES string of the molecule is CC1(C)CC(NC(=O)NC2(C(=O)O)CCC2)CCO1. The van der Waals surface area contributed by atoms with Gasteiger partial charge < -0.3 is 20.5 Å². The zero-order valence-electron chi connectivity index (χ0n) is 11.5. The largest absolute Gasteiger partial charge is 0.480 e. The number of aliphatic carboxylic acids is 1. The van der Waals surface area contributed by atoms with E-state index in [2.05, 4.69) is 10.6 Å². The summed E-state index contributed by atoms with van der Waals surface area (Å²) in [5.74, 6) is -0.943. The lowest BCUT2D eigenvalue weighted by molar-refractivity contribution is -0.148. The Labute approximate surface area is 112 Å². The molecule has 0 bridgehead atoms. The van der Waals surface area contributed by atoms with Gasteiger partial charge in [0.2, 0.25) is 0 Å². The lowest BCUT2D eigenvalue weighted by Gasteiger charge is -2.40. The van der Waals surface area contributed by atoms with Gasteiger partial charge in [-0.2, -0.15) is 0 Å². The second-order valence-electron chi connectivity index (χ2n) is 6.14. The minimum atomic E-state index is -1.05. The predicted molar refractivity (Wildman–Crippen MR) is 68.9 cm³/mol. The average molecular weight is 270 g/mol. The molecule has 1 saturated carbocycles. The normalized spacial score (nSPS) is 28.0. The molecule has 1 saturated heterocycles. The molecule has 1 atom stereocenters. The van der Waals surface area contributed by atoms with Gasteiger partial charge in [0.15, 0.2) is 0 Å². The highest BCUT2D eigenvalue weighted by atomic mass is 16.5. The Hall–Kier alpha value is -1.30. The Kier molecular flexibility index (Phi) is 3.71. The molecule has 1 aliphatic carbocycles. The van der Waals surface area contributed by atoms with E-state index in [1.807, 2.05) is 13.8 Å². The van der Waals surface area contributed by atoms with Crippen molar-refractivity contribution in [3.8, 4) is 0 Å². The van der Waals surface area contributed by atoms with Crippen molar-refractivity contribution in [1.29, 1.82) is 0 Å². The lowest BCUT2D eigenvalue weighted by Crippen LogP contribution is -2.62. The summed E-state index contributed by atoms with van der Waals surface area (Å²) in [6.07, 6.45) is 3.36. The molecule has 0 radical (unpaired) electrons. The third-order valence-electron chi connectivity index (χ3n) is 4.00. The summed E-state index contributed by atoms with van der Waals surface area (Å²) in [7, 11) is 0. The fourth-order valence-electron chi connectivity index (χ4n) is 2.72. The molecule has 6 heteroatoms. The highest BCUT2D eigenvalue weighted by Crippen LogP contribution is 2.32. The van der Waals surface area contributed by atoms with Crippen LogP contribution in [0.3, 0.4) is 0 Å². The molecule has 1 aliphatic heterocycles. The van der Waals surface area contributed by atoms with E-state index in [0.29, 0.717) is 19.4 Å². The van der Waals surface area contributed by atoms with Gasteiger partial charge in [-0.3, -0.25) is 0 Å². The maximum atomic E-state index is 11.9. The van der Waals surface area contributed by atoms with Gasteiger partial charge in [-0.1, -0.05) is 0 Å². The molecule has 19 heavy (non-hydrogen) atoms. The van der Waals surface area contributed by atoms with Gasteiger partial charge in [0, 0.05) is 12.6 Å². The minimum absolute atomic E-state index is 0.0367. The van der Waals surface area contributed by atoms with Crippen molar-refractivity contribution in [3.05, 3.63) is 0 Å². The lowest BCUT2D eigenvalue weighted by atomic mass is 9.77.